The lowest BCUT2D eigenvalue weighted by Gasteiger charge is -2.25. The van der Waals surface area contributed by atoms with Gasteiger partial charge in [0.1, 0.15) is 12.2 Å². The van der Waals surface area contributed by atoms with E-state index in [4.69, 9.17) is 13.9 Å². The van der Waals surface area contributed by atoms with Crippen LogP contribution in [-0.2, 0) is 9.53 Å². The van der Waals surface area contributed by atoms with Gasteiger partial charge < -0.3 is 24.1 Å². The number of furan rings is 1. The van der Waals surface area contributed by atoms with E-state index in [2.05, 4.69) is 21.2 Å². The van der Waals surface area contributed by atoms with Crippen molar-refractivity contribution in [1.82, 2.24) is 10.2 Å². The van der Waals surface area contributed by atoms with Crippen LogP contribution in [0.25, 0.3) is 11.0 Å². The molecule has 2 amide bonds. The lowest BCUT2D eigenvalue weighted by atomic mass is 10.1. The van der Waals surface area contributed by atoms with Gasteiger partial charge in [-0.1, -0.05) is 74.0 Å². The minimum atomic E-state index is -0.153. The summed E-state index contributed by atoms with van der Waals surface area (Å²) < 4.78 is 17.5. The first kappa shape index (κ1) is 31.2. The Morgan fingerprint density at radius 3 is 2.44 bits per heavy atom. The van der Waals surface area contributed by atoms with E-state index in [1.807, 2.05) is 90.1 Å². The molecule has 0 radical (unpaired) electrons. The number of hydrogen-bond donors (Lipinski definition) is 1. The quantitative estimate of drug-likeness (QED) is 0.342. The lowest BCUT2D eigenvalue weighted by molar-refractivity contribution is -0.110. The number of fused-ring (bicyclic) bond motifs is 3. The number of benzene rings is 2. The SMILES string of the molecule is CC.CC.CC(NC=O)c1ccccc1.COCCN1C(=O)c2oc3cc(Br)ccc3c2OCC1C. The molecule has 1 aromatic heterocycles. The Bertz CT molecular complexity index is 1050. The maximum atomic E-state index is 12.7. The van der Waals surface area contributed by atoms with Crippen LogP contribution in [0, 0.1) is 0 Å². The van der Waals surface area contributed by atoms with Crippen LogP contribution in [0.4, 0.5) is 0 Å². The van der Waals surface area contributed by atoms with E-state index in [1.54, 1.807) is 12.0 Å². The van der Waals surface area contributed by atoms with Gasteiger partial charge in [0.15, 0.2) is 5.75 Å². The third kappa shape index (κ3) is 8.38. The molecule has 0 saturated heterocycles. The number of amides is 2. The van der Waals surface area contributed by atoms with Crippen molar-refractivity contribution in [2.24, 2.45) is 0 Å². The van der Waals surface area contributed by atoms with E-state index in [-0.39, 0.29) is 23.8 Å². The summed E-state index contributed by atoms with van der Waals surface area (Å²) in [5.41, 5.74) is 1.77. The second kappa shape index (κ2) is 16.8. The highest BCUT2D eigenvalue weighted by atomic mass is 79.9. The molecule has 0 aliphatic carbocycles. The van der Waals surface area contributed by atoms with Gasteiger partial charge in [-0.15, -0.1) is 0 Å². The van der Waals surface area contributed by atoms with Crippen LogP contribution in [0.5, 0.6) is 5.75 Å². The molecule has 0 fully saturated rings. The van der Waals surface area contributed by atoms with Crippen LogP contribution in [0.2, 0.25) is 0 Å². The van der Waals surface area contributed by atoms with Gasteiger partial charge in [-0.2, -0.15) is 0 Å². The normalized spacial score (nSPS) is 14.8. The Morgan fingerprint density at radius 2 is 1.83 bits per heavy atom. The summed E-state index contributed by atoms with van der Waals surface area (Å²) in [6.45, 7) is 13.3. The highest BCUT2D eigenvalue weighted by Gasteiger charge is 2.33. The van der Waals surface area contributed by atoms with Crippen LogP contribution >= 0.6 is 15.9 Å². The van der Waals surface area contributed by atoms with Crippen LogP contribution < -0.4 is 10.1 Å². The molecule has 1 aliphatic heterocycles. The number of methoxy groups -OCH3 is 1. The Labute approximate surface area is 223 Å². The molecule has 3 aromatic rings. The number of carbonyl (C=O) groups excluding carboxylic acids is 2. The molecule has 2 atom stereocenters. The monoisotopic (exact) mass is 562 g/mol. The molecule has 1 aliphatic rings. The summed E-state index contributed by atoms with van der Waals surface area (Å²) in [6.07, 6.45) is 0.720. The molecule has 0 saturated carbocycles. The zero-order valence-corrected chi connectivity index (χ0v) is 23.9. The van der Waals surface area contributed by atoms with Gasteiger partial charge in [0, 0.05) is 18.1 Å². The van der Waals surface area contributed by atoms with Crippen molar-refractivity contribution in [3.63, 3.8) is 0 Å². The van der Waals surface area contributed by atoms with Gasteiger partial charge >= 0.3 is 0 Å². The minimum Gasteiger partial charge on any atom is -0.487 e. The zero-order chi connectivity index (χ0) is 27.1. The number of nitrogens with zero attached hydrogens (tertiary/aromatic N) is 1. The molecule has 7 nitrogen and oxygen atoms in total. The number of hydrogen-bond acceptors (Lipinski definition) is 5. The largest absolute Gasteiger partial charge is 0.487 e. The maximum absolute atomic E-state index is 12.7. The Hall–Kier alpha value is -2.84. The van der Waals surface area contributed by atoms with Crippen molar-refractivity contribution in [3.05, 3.63) is 64.3 Å². The van der Waals surface area contributed by atoms with Gasteiger partial charge in [0.05, 0.1) is 24.1 Å². The molecule has 1 N–H and O–H groups in total. The molecule has 8 heteroatoms. The average molecular weight is 564 g/mol. The van der Waals surface area contributed by atoms with E-state index >= 15 is 0 Å². The number of ether oxygens (including phenoxy) is 2. The first-order chi connectivity index (χ1) is 17.5. The first-order valence-electron chi connectivity index (χ1n) is 12.4. The predicted octanol–water partition coefficient (Wildman–Crippen LogP) is 6.61. The fourth-order valence-electron chi connectivity index (χ4n) is 3.41. The molecule has 2 unspecified atom stereocenters. The van der Waals surface area contributed by atoms with Crippen molar-refractivity contribution in [2.45, 2.75) is 53.6 Å². The molecule has 36 heavy (non-hydrogen) atoms. The van der Waals surface area contributed by atoms with Crippen LogP contribution in [0.1, 0.15) is 63.7 Å². The minimum absolute atomic E-state index is 0.0271. The van der Waals surface area contributed by atoms with E-state index in [9.17, 15) is 9.59 Å². The van der Waals surface area contributed by atoms with E-state index in [0.717, 1.165) is 21.8 Å². The number of nitrogens with one attached hydrogen (secondary N) is 1. The van der Waals surface area contributed by atoms with Gasteiger partial charge in [0.25, 0.3) is 5.91 Å². The second-order valence-electron chi connectivity index (χ2n) is 7.47. The van der Waals surface area contributed by atoms with Crippen molar-refractivity contribution in [3.8, 4) is 5.75 Å². The van der Waals surface area contributed by atoms with Gasteiger partial charge in [-0.3, -0.25) is 9.59 Å². The van der Waals surface area contributed by atoms with E-state index in [1.165, 1.54) is 0 Å². The molecule has 2 aromatic carbocycles. The van der Waals surface area contributed by atoms with Crippen molar-refractivity contribution in [2.75, 3.05) is 26.9 Å². The highest BCUT2D eigenvalue weighted by Crippen LogP contribution is 2.37. The summed E-state index contributed by atoms with van der Waals surface area (Å²) in [7, 11) is 1.62. The van der Waals surface area contributed by atoms with Gasteiger partial charge in [-0.25, -0.2) is 0 Å². The standard InChI is InChI=1S/C15H16BrNO4.C9H11NO.2C2H6/c1-9-8-20-13-11-4-3-10(16)7-12(11)21-14(13)15(18)17(9)5-6-19-2;1-8(10-7-11)9-5-3-2-4-6-9;2*1-2/h3-4,7,9H,5-6,8H2,1-2H3;2-8H,1H3,(H,10,11);2*1-2H3. The summed E-state index contributed by atoms with van der Waals surface area (Å²) in [4.78, 5) is 24.5. The molecule has 0 spiro atoms. The Balaban J connectivity index is 0.000000366. The van der Waals surface area contributed by atoms with Crippen LogP contribution in [-0.4, -0.2) is 50.1 Å². The van der Waals surface area contributed by atoms with E-state index < -0.39 is 0 Å². The average Bonchev–Trinajstić information content (AvgIpc) is 3.23. The van der Waals surface area contributed by atoms with Gasteiger partial charge in [-0.05, 0) is 37.6 Å². The topological polar surface area (TPSA) is 81.0 Å². The smallest absolute Gasteiger partial charge is 0.293 e. The van der Waals surface area contributed by atoms with Crippen molar-refractivity contribution < 1.29 is 23.5 Å². The zero-order valence-electron chi connectivity index (χ0n) is 22.3. The Morgan fingerprint density at radius 1 is 1.17 bits per heavy atom. The predicted molar refractivity (Wildman–Crippen MR) is 149 cm³/mol. The molecule has 4 rings (SSSR count). The molecular weight excluding hydrogens is 524 g/mol. The fraction of sp³-hybridized carbons (Fsp3) is 0.429. The molecule has 2 heterocycles. The Kier molecular flexibility index (Phi) is 14.5. The second-order valence-corrected chi connectivity index (χ2v) is 8.38. The summed E-state index contributed by atoms with van der Waals surface area (Å²) in [6, 6.07) is 15.6. The number of rotatable bonds is 6. The van der Waals surface area contributed by atoms with Gasteiger partial charge in [0.2, 0.25) is 12.2 Å². The first-order valence-corrected chi connectivity index (χ1v) is 13.1. The lowest BCUT2D eigenvalue weighted by Crippen LogP contribution is -2.41. The maximum Gasteiger partial charge on any atom is 0.293 e. The summed E-state index contributed by atoms with van der Waals surface area (Å²) in [5, 5.41) is 3.50. The number of carbonyl (C=O) groups is 2. The van der Waals surface area contributed by atoms with Crippen LogP contribution in [0.3, 0.4) is 0 Å². The van der Waals surface area contributed by atoms with Crippen molar-refractivity contribution >= 4 is 39.2 Å². The highest BCUT2D eigenvalue weighted by molar-refractivity contribution is 9.10. The summed E-state index contributed by atoms with van der Waals surface area (Å²) >= 11 is 3.40. The number of halogens is 1. The third-order valence-corrected chi connectivity index (χ3v) is 5.71. The molecule has 198 valence electrons. The summed E-state index contributed by atoms with van der Waals surface area (Å²) in [5.74, 6) is 0.650. The third-order valence-electron chi connectivity index (χ3n) is 5.22. The van der Waals surface area contributed by atoms with Crippen molar-refractivity contribution in [1.29, 1.82) is 0 Å². The van der Waals surface area contributed by atoms with E-state index in [0.29, 0.717) is 31.1 Å². The fourth-order valence-corrected chi connectivity index (χ4v) is 3.75. The molecular formula is C28H39BrN2O5. The molecule has 0 bridgehead atoms. The van der Waals surface area contributed by atoms with Crippen LogP contribution in [0.15, 0.2) is 57.4 Å².